The summed E-state index contributed by atoms with van der Waals surface area (Å²) in [6.45, 7) is 5.80. The molecule has 0 radical (unpaired) electrons. The van der Waals surface area contributed by atoms with E-state index in [9.17, 15) is 18.0 Å². The Bertz CT molecular complexity index is 1150. The van der Waals surface area contributed by atoms with Crippen LogP contribution in [0.2, 0.25) is 0 Å². The molecule has 2 aromatic carbocycles. The summed E-state index contributed by atoms with van der Waals surface area (Å²) in [5, 5.41) is 2.87. The van der Waals surface area contributed by atoms with Gasteiger partial charge in [-0.3, -0.25) is 13.9 Å². The van der Waals surface area contributed by atoms with Crippen LogP contribution in [-0.2, 0) is 26.2 Å². The second kappa shape index (κ2) is 13.2. The van der Waals surface area contributed by atoms with Gasteiger partial charge in [0.05, 0.1) is 26.2 Å². The Morgan fingerprint density at radius 1 is 1.06 bits per heavy atom. The Kier molecular flexibility index (Phi) is 10.6. The van der Waals surface area contributed by atoms with Gasteiger partial charge in [-0.1, -0.05) is 37.6 Å². The standard InChI is InChI=1S/C26H37N3O6S/c1-7-8-15-27-26(31)20(3)28(17-21-12-10-9-11-19(21)2)25(30)18-29(36(6,32)33)22-13-14-23(34-4)24(16-22)35-5/h9-14,16,20H,7-8,15,17-18H2,1-6H3,(H,27,31)/t20-/m1/s1. The van der Waals surface area contributed by atoms with E-state index in [0.29, 0.717) is 18.0 Å². The first-order valence-electron chi connectivity index (χ1n) is 11.8. The first kappa shape index (κ1) is 29.0. The van der Waals surface area contributed by atoms with Gasteiger partial charge in [-0.15, -0.1) is 0 Å². The minimum absolute atomic E-state index is 0.164. The Balaban J connectivity index is 2.41. The lowest BCUT2D eigenvalue weighted by atomic mass is 10.1. The summed E-state index contributed by atoms with van der Waals surface area (Å²) >= 11 is 0. The lowest BCUT2D eigenvalue weighted by molar-refractivity contribution is -0.139. The van der Waals surface area contributed by atoms with E-state index in [4.69, 9.17) is 9.47 Å². The highest BCUT2D eigenvalue weighted by Crippen LogP contribution is 2.32. The summed E-state index contributed by atoms with van der Waals surface area (Å²) in [6, 6.07) is 11.4. The van der Waals surface area contributed by atoms with Crippen LogP contribution >= 0.6 is 0 Å². The molecule has 0 fully saturated rings. The first-order chi connectivity index (χ1) is 17.0. The third-order valence-corrected chi connectivity index (χ3v) is 7.07. The quantitative estimate of drug-likeness (QED) is 0.408. The molecular weight excluding hydrogens is 482 g/mol. The van der Waals surface area contributed by atoms with E-state index in [-0.39, 0.29) is 18.1 Å². The van der Waals surface area contributed by atoms with Gasteiger partial charge in [0, 0.05) is 19.2 Å². The monoisotopic (exact) mass is 519 g/mol. The number of methoxy groups -OCH3 is 2. The predicted molar refractivity (Wildman–Crippen MR) is 141 cm³/mol. The van der Waals surface area contributed by atoms with Gasteiger partial charge >= 0.3 is 0 Å². The van der Waals surface area contributed by atoms with Crippen molar-refractivity contribution in [2.75, 3.05) is 37.9 Å². The van der Waals surface area contributed by atoms with Crippen molar-refractivity contribution in [3.8, 4) is 11.5 Å². The van der Waals surface area contributed by atoms with Crippen LogP contribution in [0.3, 0.4) is 0 Å². The van der Waals surface area contributed by atoms with Crippen LogP contribution in [0.5, 0.6) is 11.5 Å². The fourth-order valence-electron chi connectivity index (χ4n) is 3.68. The molecule has 9 nitrogen and oxygen atoms in total. The number of rotatable bonds is 13. The minimum Gasteiger partial charge on any atom is -0.493 e. The number of unbranched alkanes of at least 4 members (excludes halogenated alkanes) is 1. The average molecular weight is 520 g/mol. The van der Waals surface area contributed by atoms with Crippen LogP contribution in [0.15, 0.2) is 42.5 Å². The zero-order valence-electron chi connectivity index (χ0n) is 21.9. The van der Waals surface area contributed by atoms with Crippen LogP contribution in [0.1, 0.15) is 37.8 Å². The minimum atomic E-state index is -3.85. The van der Waals surface area contributed by atoms with E-state index in [0.717, 1.165) is 34.5 Å². The lowest BCUT2D eigenvalue weighted by Gasteiger charge is -2.32. The van der Waals surface area contributed by atoms with Crippen LogP contribution < -0.4 is 19.1 Å². The van der Waals surface area contributed by atoms with Gasteiger partial charge in [-0.05, 0) is 43.5 Å². The van der Waals surface area contributed by atoms with E-state index >= 15 is 0 Å². The molecule has 0 saturated carbocycles. The van der Waals surface area contributed by atoms with Crippen molar-refractivity contribution < 1.29 is 27.5 Å². The van der Waals surface area contributed by atoms with Gasteiger partial charge in [0.2, 0.25) is 21.8 Å². The van der Waals surface area contributed by atoms with E-state index < -0.39 is 28.5 Å². The van der Waals surface area contributed by atoms with Crippen LogP contribution in [0.4, 0.5) is 5.69 Å². The Labute approximate surface area is 214 Å². The van der Waals surface area contributed by atoms with Crippen molar-refractivity contribution in [1.82, 2.24) is 10.2 Å². The van der Waals surface area contributed by atoms with Crippen LogP contribution in [-0.4, -0.2) is 64.7 Å². The third-order valence-electron chi connectivity index (χ3n) is 5.93. The zero-order chi connectivity index (χ0) is 26.9. The molecule has 1 N–H and O–H groups in total. The Morgan fingerprint density at radius 2 is 1.72 bits per heavy atom. The molecule has 0 heterocycles. The molecule has 0 saturated heterocycles. The number of anilines is 1. The van der Waals surface area contributed by atoms with Gasteiger partial charge in [0.15, 0.2) is 11.5 Å². The summed E-state index contributed by atoms with van der Waals surface area (Å²) in [6.07, 6.45) is 2.78. The number of ether oxygens (including phenoxy) is 2. The second-order valence-corrected chi connectivity index (χ2v) is 10.5. The fourth-order valence-corrected chi connectivity index (χ4v) is 4.52. The number of aryl methyl sites for hydroxylation is 1. The third kappa shape index (κ3) is 7.61. The number of carbonyl (C=O) groups excluding carboxylic acids is 2. The van der Waals surface area contributed by atoms with E-state index in [2.05, 4.69) is 5.32 Å². The maximum absolute atomic E-state index is 13.6. The molecule has 0 aliphatic heterocycles. The molecule has 0 aliphatic rings. The number of nitrogens with zero attached hydrogens (tertiary/aromatic N) is 2. The maximum Gasteiger partial charge on any atom is 0.244 e. The normalized spacial score (nSPS) is 11.9. The molecule has 198 valence electrons. The van der Waals surface area contributed by atoms with Crippen molar-refractivity contribution in [3.63, 3.8) is 0 Å². The van der Waals surface area contributed by atoms with E-state index in [1.165, 1.54) is 25.2 Å². The molecule has 0 unspecified atom stereocenters. The van der Waals surface area contributed by atoms with E-state index in [1.807, 2.05) is 38.1 Å². The number of hydrogen-bond acceptors (Lipinski definition) is 6. The van der Waals surface area contributed by atoms with Crippen molar-refractivity contribution in [1.29, 1.82) is 0 Å². The molecule has 0 aliphatic carbocycles. The highest BCUT2D eigenvalue weighted by atomic mass is 32.2. The summed E-state index contributed by atoms with van der Waals surface area (Å²) < 4.78 is 37.0. The summed E-state index contributed by atoms with van der Waals surface area (Å²) in [4.78, 5) is 27.9. The largest absolute Gasteiger partial charge is 0.493 e. The number of nitrogens with one attached hydrogen (secondary N) is 1. The van der Waals surface area contributed by atoms with Crippen molar-refractivity contribution in [2.24, 2.45) is 0 Å². The molecule has 0 aromatic heterocycles. The van der Waals surface area contributed by atoms with Gasteiger partial charge in [0.25, 0.3) is 0 Å². The second-order valence-electron chi connectivity index (χ2n) is 8.58. The fraction of sp³-hybridized carbons (Fsp3) is 0.462. The van der Waals surface area contributed by atoms with Crippen molar-refractivity contribution in [2.45, 2.75) is 46.2 Å². The number of carbonyl (C=O) groups is 2. The van der Waals surface area contributed by atoms with Crippen LogP contribution in [0.25, 0.3) is 0 Å². The highest BCUT2D eigenvalue weighted by Gasteiger charge is 2.30. The number of hydrogen-bond donors (Lipinski definition) is 1. The number of sulfonamides is 1. The smallest absolute Gasteiger partial charge is 0.244 e. The molecule has 0 spiro atoms. The molecule has 0 bridgehead atoms. The van der Waals surface area contributed by atoms with E-state index in [1.54, 1.807) is 19.1 Å². The van der Waals surface area contributed by atoms with Gasteiger partial charge < -0.3 is 19.7 Å². The molecule has 2 aromatic rings. The number of benzene rings is 2. The lowest BCUT2D eigenvalue weighted by Crippen LogP contribution is -2.51. The van der Waals surface area contributed by atoms with Gasteiger partial charge in [-0.2, -0.15) is 0 Å². The zero-order valence-corrected chi connectivity index (χ0v) is 22.7. The van der Waals surface area contributed by atoms with Gasteiger partial charge in [-0.25, -0.2) is 8.42 Å². The molecule has 2 rings (SSSR count). The Hall–Kier alpha value is -3.27. The summed E-state index contributed by atoms with van der Waals surface area (Å²) in [5.41, 5.74) is 2.09. The first-order valence-corrected chi connectivity index (χ1v) is 13.7. The Morgan fingerprint density at radius 3 is 2.31 bits per heavy atom. The number of amides is 2. The SMILES string of the molecule is CCCCNC(=O)[C@@H](C)N(Cc1ccccc1C)C(=O)CN(c1ccc(OC)c(OC)c1)S(C)(=O)=O. The average Bonchev–Trinajstić information content (AvgIpc) is 2.85. The van der Waals surface area contributed by atoms with Gasteiger partial charge in [0.1, 0.15) is 12.6 Å². The van der Waals surface area contributed by atoms with Crippen LogP contribution in [0, 0.1) is 6.92 Å². The van der Waals surface area contributed by atoms with Crippen molar-refractivity contribution in [3.05, 3.63) is 53.6 Å². The highest BCUT2D eigenvalue weighted by molar-refractivity contribution is 7.92. The molecule has 2 amide bonds. The molecular formula is C26H37N3O6S. The topological polar surface area (TPSA) is 105 Å². The van der Waals surface area contributed by atoms with Crippen molar-refractivity contribution >= 4 is 27.5 Å². The maximum atomic E-state index is 13.6. The molecule has 36 heavy (non-hydrogen) atoms. The molecule has 1 atom stereocenters. The predicted octanol–water partition coefficient (Wildman–Crippen LogP) is 3.11. The summed E-state index contributed by atoms with van der Waals surface area (Å²) in [7, 11) is -0.924. The summed E-state index contributed by atoms with van der Waals surface area (Å²) in [5.74, 6) is -0.0323. The molecule has 10 heteroatoms.